The van der Waals surface area contributed by atoms with Gasteiger partial charge in [0.05, 0.1) is 11.4 Å². The van der Waals surface area contributed by atoms with Gasteiger partial charge in [0, 0.05) is 57.2 Å². The van der Waals surface area contributed by atoms with Crippen LogP contribution in [0.2, 0.25) is 0 Å². The van der Waals surface area contributed by atoms with E-state index in [0.717, 1.165) is 45.6 Å². The molecule has 5 rings (SSSR count). The first-order valence-electron chi connectivity index (χ1n) is 11.2. The van der Waals surface area contributed by atoms with Crippen LogP contribution in [0, 0.1) is 5.82 Å². The Bertz CT molecular complexity index is 928. The molecule has 2 unspecified atom stereocenters. The molecule has 2 aromatic rings. The number of fused-ring (bicyclic) bond motifs is 3. The van der Waals surface area contributed by atoms with Crippen LogP contribution < -0.4 is 9.80 Å². The van der Waals surface area contributed by atoms with E-state index >= 15 is 0 Å². The quantitative estimate of drug-likeness (QED) is 0.527. The summed E-state index contributed by atoms with van der Waals surface area (Å²) in [6.07, 6.45) is 3.68. The van der Waals surface area contributed by atoms with E-state index in [1.165, 1.54) is 35.5 Å². The van der Waals surface area contributed by atoms with Gasteiger partial charge in [-0.3, -0.25) is 4.79 Å². The lowest BCUT2D eigenvalue weighted by Crippen LogP contribution is -2.49. The number of nitrogens with zero attached hydrogens (tertiary/aromatic N) is 3. The number of rotatable bonds is 6. The minimum absolute atomic E-state index is 0.115. The van der Waals surface area contributed by atoms with Gasteiger partial charge in [-0.1, -0.05) is 12.1 Å². The van der Waals surface area contributed by atoms with Gasteiger partial charge in [-0.2, -0.15) is 0 Å². The lowest BCUT2D eigenvalue weighted by molar-refractivity contribution is 0.0976. The zero-order chi connectivity index (χ0) is 20.7. The second kappa shape index (κ2) is 8.03. The maximum Gasteiger partial charge on any atom is 0.162 e. The summed E-state index contributed by atoms with van der Waals surface area (Å²) in [4.78, 5) is 19.9. The van der Waals surface area contributed by atoms with Crippen LogP contribution in [-0.2, 0) is 0 Å². The zero-order valence-corrected chi connectivity index (χ0v) is 17.7. The Hall–Kier alpha value is -2.40. The molecule has 0 bridgehead atoms. The van der Waals surface area contributed by atoms with E-state index in [2.05, 4.69) is 39.9 Å². The van der Waals surface area contributed by atoms with Gasteiger partial charge in [0.1, 0.15) is 5.82 Å². The van der Waals surface area contributed by atoms with Gasteiger partial charge in [-0.25, -0.2) is 4.39 Å². The van der Waals surface area contributed by atoms with Gasteiger partial charge < -0.3 is 14.7 Å². The first-order valence-corrected chi connectivity index (χ1v) is 11.2. The van der Waals surface area contributed by atoms with Crippen molar-refractivity contribution in [1.29, 1.82) is 0 Å². The van der Waals surface area contributed by atoms with E-state index in [1.54, 1.807) is 12.1 Å². The Balaban J connectivity index is 1.16. The third-order valence-electron chi connectivity index (χ3n) is 7.18. The normalized spacial score (nSPS) is 22.7. The first-order chi connectivity index (χ1) is 14.6. The van der Waals surface area contributed by atoms with E-state index in [-0.39, 0.29) is 11.6 Å². The van der Waals surface area contributed by atoms with Gasteiger partial charge in [-0.15, -0.1) is 0 Å². The van der Waals surface area contributed by atoms with Crippen molar-refractivity contribution in [3.8, 4) is 0 Å². The van der Waals surface area contributed by atoms with Crippen LogP contribution in [0.15, 0.2) is 42.5 Å². The van der Waals surface area contributed by atoms with E-state index in [1.807, 2.05) is 0 Å². The molecule has 0 aliphatic carbocycles. The van der Waals surface area contributed by atoms with E-state index in [4.69, 9.17) is 0 Å². The second-order valence-electron chi connectivity index (χ2n) is 8.98. The summed E-state index contributed by atoms with van der Waals surface area (Å²) in [7, 11) is 2.20. The molecule has 3 aliphatic heterocycles. The number of likely N-dealkylation sites (N-methyl/N-ethyl adjacent to an activating group) is 1. The van der Waals surface area contributed by atoms with Crippen molar-refractivity contribution >= 4 is 17.2 Å². The average Bonchev–Trinajstić information content (AvgIpc) is 3.08. The number of ketones is 1. The minimum Gasteiger partial charge on any atom is -0.371 e. The van der Waals surface area contributed by atoms with Crippen LogP contribution in [0.4, 0.5) is 15.8 Å². The molecule has 3 aliphatic rings. The Morgan fingerprint density at radius 1 is 1.07 bits per heavy atom. The maximum atomic E-state index is 13.0. The highest BCUT2D eigenvalue weighted by molar-refractivity contribution is 5.95. The van der Waals surface area contributed by atoms with Crippen molar-refractivity contribution in [2.75, 3.05) is 49.6 Å². The van der Waals surface area contributed by atoms with E-state index in [9.17, 15) is 9.18 Å². The Morgan fingerprint density at radius 3 is 2.73 bits per heavy atom. The smallest absolute Gasteiger partial charge is 0.162 e. The summed E-state index contributed by atoms with van der Waals surface area (Å²) < 4.78 is 13.0. The van der Waals surface area contributed by atoms with Gasteiger partial charge in [0.15, 0.2) is 5.78 Å². The lowest BCUT2D eigenvalue weighted by atomic mass is 9.89. The third kappa shape index (κ3) is 3.49. The largest absolute Gasteiger partial charge is 0.371 e. The monoisotopic (exact) mass is 407 g/mol. The molecule has 5 heteroatoms. The van der Waals surface area contributed by atoms with Gasteiger partial charge >= 0.3 is 0 Å². The Labute approximate surface area is 178 Å². The third-order valence-corrected chi connectivity index (χ3v) is 7.18. The fraction of sp³-hybridized carbons (Fsp3) is 0.480. The van der Waals surface area contributed by atoms with Crippen LogP contribution in [0.5, 0.6) is 0 Å². The van der Waals surface area contributed by atoms with Crippen LogP contribution in [-0.4, -0.2) is 56.5 Å². The number of anilines is 2. The molecule has 1 saturated heterocycles. The molecule has 3 heterocycles. The van der Waals surface area contributed by atoms with Crippen molar-refractivity contribution in [3.05, 3.63) is 59.4 Å². The SMILES string of the molecule is CN1CCN2c3c(cccc31)C1CN(CCCCC(=O)c3ccc(F)cc3)CCC12. The minimum atomic E-state index is -0.295. The van der Waals surface area contributed by atoms with Crippen molar-refractivity contribution in [1.82, 2.24) is 4.90 Å². The number of likely N-dealkylation sites (tertiary alicyclic amines) is 1. The molecule has 2 aromatic carbocycles. The Kier molecular flexibility index (Phi) is 5.23. The highest BCUT2D eigenvalue weighted by Gasteiger charge is 2.44. The number of hydrogen-bond acceptors (Lipinski definition) is 4. The zero-order valence-electron chi connectivity index (χ0n) is 17.7. The molecule has 0 N–H and O–H groups in total. The predicted molar refractivity (Wildman–Crippen MR) is 119 cm³/mol. The van der Waals surface area contributed by atoms with Crippen LogP contribution >= 0.6 is 0 Å². The molecule has 0 saturated carbocycles. The van der Waals surface area contributed by atoms with E-state index in [0.29, 0.717) is 23.9 Å². The maximum absolute atomic E-state index is 13.0. The summed E-state index contributed by atoms with van der Waals surface area (Å²) in [5, 5.41) is 0. The second-order valence-corrected chi connectivity index (χ2v) is 8.98. The van der Waals surface area contributed by atoms with Crippen molar-refractivity contribution in [2.24, 2.45) is 0 Å². The topological polar surface area (TPSA) is 26.8 Å². The highest BCUT2D eigenvalue weighted by Crippen LogP contribution is 2.50. The first kappa shape index (κ1) is 19.6. The lowest BCUT2D eigenvalue weighted by Gasteiger charge is -2.41. The van der Waals surface area contributed by atoms with Gasteiger partial charge in [-0.05, 0) is 61.7 Å². The number of carbonyl (C=O) groups excluding carboxylic acids is 1. The molecule has 0 radical (unpaired) electrons. The molecule has 30 heavy (non-hydrogen) atoms. The fourth-order valence-corrected chi connectivity index (χ4v) is 5.58. The molecule has 158 valence electrons. The molecule has 1 fully saturated rings. The number of para-hydroxylation sites is 1. The highest BCUT2D eigenvalue weighted by atomic mass is 19.1. The fourth-order valence-electron chi connectivity index (χ4n) is 5.58. The van der Waals surface area contributed by atoms with Crippen molar-refractivity contribution in [3.63, 3.8) is 0 Å². The average molecular weight is 408 g/mol. The van der Waals surface area contributed by atoms with Gasteiger partial charge in [0.2, 0.25) is 0 Å². The number of carbonyl (C=O) groups is 1. The number of halogens is 1. The van der Waals surface area contributed by atoms with Crippen LogP contribution in [0.3, 0.4) is 0 Å². The molecule has 0 spiro atoms. The molecular weight excluding hydrogens is 377 g/mol. The van der Waals surface area contributed by atoms with Crippen LogP contribution in [0.1, 0.15) is 47.5 Å². The number of Topliss-reactive ketones (excluding diaryl/α,β-unsaturated/α-hetero) is 1. The van der Waals surface area contributed by atoms with Crippen molar-refractivity contribution < 1.29 is 9.18 Å². The molecule has 0 aromatic heterocycles. The summed E-state index contributed by atoms with van der Waals surface area (Å²) in [6, 6.07) is 13.4. The number of benzene rings is 2. The standard InChI is InChI=1S/C25H30FN3O/c1-27-15-16-29-22-12-14-28(17-21(22)20-5-4-6-23(27)25(20)29)13-3-2-7-24(30)18-8-10-19(26)11-9-18/h4-6,8-11,21-22H,2-3,7,12-17H2,1H3. The number of hydrogen-bond donors (Lipinski definition) is 0. The predicted octanol–water partition coefficient (Wildman–Crippen LogP) is 4.31. The number of unbranched alkanes of at least 4 members (excludes halogenated alkanes) is 1. The van der Waals surface area contributed by atoms with Crippen molar-refractivity contribution in [2.45, 2.75) is 37.6 Å². The Morgan fingerprint density at radius 2 is 1.90 bits per heavy atom. The summed E-state index contributed by atoms with van der Waals surface area (Å²) in [5.41, 5.74) is 5.01. The number of piperidine rings is 1. The molecule has 2 atom stereocenters. The molecule has 4 nitrogen and oxygen atoms in total. The summed E-state index contributed by atoms with van der Waals surface area (Å²) in [6.45, 7) is 5.55. The summed E-state index contributed by atoms with van der Waals surface area (Å²) >= 11 is 0. The molecule has 0 amide bonds. The molecular formula is C25H30FN3O. The summed E-state index contributed by atoms with van der Waals surface area (Å²) in [5.74, 6) is 0.418. The van der Waals surface area contributed by atoms with Gasteiger partial charge in [0.25, 0.3) is 0 Å². The van der Waals surface area contributed by atoms with Crippen LogP contribution in [0.25, 0.3) is 0 Å². The van der Waals surface area contributed by atoms with E-state index < -0.39 is 0 Å².